The van der Waals surface area contributed by atoms with E-state index in [0.717, 1.165) is 5.56 Å². The third-order valence-electron chi connectivity index (χ3n) is 3.56. The first-order chi connectivity index (χ1) is 11.2. The number of ether oxygens (including phenoxy) is 1. The highest BCUT2D eigenvalue weighted by Crippen LogP contribution is 2.34. The monoisotopic (exact) mass is 325 g/mol. The van der Waals surface area contributed by atoms with Crippen LogP contribution in [0.2, 0.25) is 0 Å². The number of fused-ring (bicyclic) bond motifs is 1. The van der Waals surface area contributed by atoms with E-state index in [2.05, 4.69) is 16.0 Å². The van der Waals surface area contributed by atoms with Gasteiger partial charge in [-0.1, -0.05) is 42.1 Å². The Morgan fingerprint density at radius 1 is 1.30 bits per heavy atom. The van der Waals surface area contributed by atoms with Gasteiger partial charge in [0.2, 0.25) is 5.88 Å². The second-order valence-corrected chi connectivity index (χ2v) is 5.64. The van der Waals surface area contributed by atoms with Crippen LogP contribution in [0.5, 0.6) is 5.88 Å². The molecule has 2 aromatic heterocycles. The van der Waals surface area contributed by atoms with Crippen molar-refractivity contribution in [3.63, 3.8) is 0 Å². The average Bonchev–Trinajstić information content (AvgIpc) is 2.86. The van der Waals surface area contributed by atoms with Crippen LogP contribution in [0.15, 0.2) is 35.5 Å². The number of thioether (sulfide) groups is 1. The number of hydrogen-bond donors (Lipinski definition) is 1. The number of hydrogen-bond acceptors (Lipinski definition) is 6. The van der Waals surface area contributed by atoms with Crippen LogP contribution in [-0.4, -0.2) is 27.9 Å². The number of aromatic nitrogens is 3. The Hall–Kier alpha value is -2.72. The largest absolute Gasteiger partial charge is 0.480 e. The molecule has 1 aromatic carbocycles. The molecule has 0 saturated carbocycles. The molecule has 0 atom stereocenters. The second kappa shape index (κ2) is 6.18. The fourth-order valence-electron chi connectivity index (χ4n) is 2.48. The third kappa shape index (κ3) is 2.58. The van der Waals surface area contributed by atoms with Gasteiger partial charge in [0.25, 0.3) is 0 Å². The van der Waals surface area contributed by atoms with Gasteiger partial charge in [-0.3, -0.25) is 0 Å². The van der Waals surface area contributed by atoms with Crippen LogP contribution >= 0.6 is 11.8 Å². The van der Waals surface area contributed by atoms with E-state index in [4.69, 9.17) is 10.5 Å². The smallest absolute Gasteiger partial charge is 0.228 e. The highest BCUT2D eigenvalue weighted by Gasteiger charge is 2.22. The van der Waals surface area contributed by atoms with Crippen molar-refractivity contribution >= 4 is 28.6 Å². The molecule has 6 nitrogen and oxygen atoms in total. The summed E-state index contributed by atoms with van der Waals surface area (Å²) in [6.07, 6.45) is 1.89. The fraction of sp³-hybridized carbons (Fsp3) is 0.188. The molecular formula is C16H15N5OS. The predicted molar refractivity (Wildman–Crippen MR) is 90.5 cm³/mol. The fourth-order valence-corrected chi connectivity index (χ4v) is 2.83. The lowest BCUT2D eigenvalue weighted by molar-refractivity contribution is 0.398. The molecule has 0 unspecified atom stereocenters. The van der Waals surface area contributed by atoms with E-state index in [9.17, 15) is 5.26 Å². The molecule has 23 heavy (non-hydrogen) atoms. The molecule has 0 amide bonds. The summed E-state index contributed by atoms with van der Waals surface area (Å²) in [6.45, 7) is 0.527. The Balaban J connectivity index is 2.29. The van der Waals surface area contributed by atoms with Crippen LogP contribution in [0.3, 0.4) is 0 Å². The Morgan fingerprint density at radius 2 is 2.04 bits per heavy atom. The van der Waals surface area contributed by atoms with Gasteiger partial charge in [0.1, 0.15) is 22.8 Å². The standard InChI is InChI=1S/C16H15N5OS/c1-22-15-12-11(8-17)13(18)21(9-10-6-4-3-5-7-10)14(12)19-16(20-15)23-2/h3-7H,9,18H2,1-2H3. The first-order valence-corrected chi connectivity index (χ1v) is 8.13. The van der Waals surface area contributed by atoms with Crippen LogP contribution in [0.4, 0.5) is 5.82 Å². The average molecular weight is 325 g/mol. The highest BCUT2D eigenvalue weighted by atomic mass is 32.2. The Bertz CT molecular complexity index is 898. The molecule has 116 valence electrons. The predicted octanol–water partition coefficient (Wildman–Crippen LogP) is 2.66. The molecule has 3 rings (SSSR count). The van der Waals surface area contributed by atoms with E-state index in [1.54, 1.807) is 0 Å². The summed E-state index contributed by atoms with van der Waals surface area (Å²) < 4.78 is 7.17. The van der Waals surface area contributed by atoms with E-state index >= 15 is 0 Å². The summed E-state index contributed by atoms with van der Waals surface area (Å²) in [5.74, 6) is 0.742. The van der Waals surface area contributed by atoms with Gasteiger partial charge in [0.05, 0.1) is 13.7 Å². The summed E-state index contributed by atoms with van der Waals surface area (Å²) in [4.78, 5) is 8.85. The first-order valence-electron chi connectivity index (χ1n) is 6.91. The molecule has 0 aliphatic rings. The molecule has 0 bridgehead atoms. The molecule has 7 heteroatoms. The van der Waals surface area contributed by atoms with Crippen molar-refractivity contribution in [1.82, 2.24) is 14.5 Å². The van der Waals surface area contributed by atoms with Crippen LogP contribution < -0.4 is 10.5 Å². The van der Waals surface area contributed by atoms with E-state index in [1.165, 1.54) is 18.9 Å². The van der Waals surface area contributed by atoms with Crippen LogP contribution in [0, 0.1) is 11.3 Å². The van der Waals surface area contributed by atoms with Gasteiger partial charge in [-0.15, -0.1) is 0 Å². The lowest BCUT2D eigenvalue weighted by Crippen LogP contribution is -2.06. The van der Waals surface area contributed by atoms with Crippen molar-refractivity contribution in [2.24, 2.45) is 0 Å². The number of nitrogens with zero attached hydrogens (tertiary/aromatic N) is 4. The lowest BCUT2D eigenvalue weighted by Gasteiger charge is -2.08. The molecule has 0 aliphatic carbocycles. The van der Waals surface area contributed by atoms with Gasteiger partial charge in [-0.05, 0) is 11.8 Å². The van der Waals surface area contributed by atoms with Gasteiger partial charge in [0, 0.05) is 0 Å². The SMILES string of the molecule is COc1nc(SC)nc2c1c(C#N)c(N)n2Cc1ccccc1. The molecule has 0 fully saturated rings. The van der Waals surface area contributed by atoms with Gasteiger partial charge >= 0.3 is 0 Å². The molecule has 3 aromatic rings. The van der Waals surface area contributed by atoms with E-state index in [0.29, 0.717) is 40.0 Å². The van der Waals surface area contributed by atoms with Gasteiger partial charge in [-0.2, -0.15) is 10.2 Å². The molecule has 0 aliphatic heterocycles. The van der Waals surface area contributed by atoms with Crippen molar-refractivity contribution in [2.45, 2.75) is 11.7 Å². The highest BCUT2D eigenvalue weighted by molar-refractivity contribution is 7.98. The maximum absolute atomic E-state index is 9.48. The second-order valence-electron chi connectivity index (χ2n) is 4.86. The zero-order valence-corrected chi connectivity index (χ0v) is 13.6. The number of benzene rings is 1. The molecule has 2 heterocycles. The number of nitriles is 1. The number of nitrogen functional groups attached to an aromatic ring is 1. The van der Waals surface area contributed by atoms with Crippen molar-refractivity contribution < 1.29 is 4.74 Å². The Labute approximate surface area is 137 Å². The number of anilines is 1. The number of rotatable bonds is 4. The number of methoxy groups -OCH3 is 1. The van der Waals surface area contributed by atoms with Crippen molar-refractivity contribution in [2.75, 3.05) is 19.1 Å². The lowest BCUT2D eigenvalue weighted by atomic mass is 10.2. The van der Waals surface area contributed by atoms with E-state index < -0.39 is 0 Å². The van der Waals surface area contributed by atoms with Crippen molar-refractivity contribution in [3.05, 3.63) is 41.5 Å². The summed E-state index contributed by atoms with van der Waals surface area (Å²) in [6, 6.07) is 12.0. The maximum Gasteiger partial charge on any atom is 0.228 e. The summed E-state index contributed by atoms with van der Waals surface area (Å²) in [5, 5.41) is 10.6. The molecule has 0 saturated heterocycles. The normalized spacial score (nSPS) is 10.7. The minimum absolute atomic E-state index is 0.348. The molecular weight excluding hydrogens is 310 g/mol. The zero-order chi connectivity index (χ0) is 16.4. The summed E-state index contributed by atoms with van der Waals surface area (Å²) in [5.41, 5.74) is 8.23. The van der Waals surface area contributed by atoms with Crippen LogP contribution in [0.1, 0.15) is 11.1 Å². The molecule has 0 spiro atoms. The van der Waals surface area contributed by atoms with Gasteiger partial charge in [0.15, 0.2) is 10.8 Å². The summed E-state index contributed by atoms with van der Waals surface area (Å²) >= 11 is 1.41. The molecule has 2 N–H and O–H groups in total. The molecule has 0 radical (unpaired) electrons. The maximum atomic E-state index is 9.48. The Kier molecular flexibility index (Phi) is 4.08. The van der Waals surface area contributed by atoms with Crippen molar-refractivity contribution in [3.8, 4) is 11.9 Å². The van der Waals surface area contributed by atoms with Crippen molar-refractivity contribution in [1.29, 1.82) is 5.26 Å². The van der Waals surface area contributed by atoms with Gasteiger partial charge in [-0.25, -0.2) is 4.98 Å². The van der Waals surface area contributed by atoms with E-state index in [-0.39, 0.29) is 0 Å². The van der Waals surface area contributed by atoms with Crippen LogP contribution in [0.25, 0.3) is 11.0 Å². The summed E-state index contributed by atoms with van der Waals surface area (Å²) in [7, 11) is 1.53. The van der Waals surface area contributed by atoms with E-state index in [1.807, 2.05) is 41.2 Å². The third-order valence-corrected chi connectivity index (χ3v) is 4.11. The number of nitrogens with two attached hydrogens (primary N) is 1. The Morgan fingerprint density at radius 3 is 2.65 bits per heavy atom. The minimum atomic E-state index is 0.348. The minimum Gasteiger partial charge on any atom is -0.480 e. The quantitative estimate of drug-likeness (QED) is 0.586. The zero-order valence-electron chi connectivity index (χ0n) is 12.8. The van der Waals surface area contributed by atoms with Crippen LogP contribution in [-0.2, 0) is 6.54 Å². The van der Waals surface area contributed by atoms with Gasteiger partial charge < -0.3 is 15.0 Å². The topological polar surface area (TPSA) is 89.8 Å². The first kappa shape index (κ1) is 15.2.